The van der Waals surface area contributed by atoms with Gasteiger partial charge in [0.1, 0.15) is 5.78 Å². The van der Waals surface area contributed by atoms with Gasteiger partial charge in [0.05, 0.1) is 0 Å². The third-order valence-corrected chi connectivity index (χ3v) is 5.67. The van der Waals surface area contributed by atoms with E-state index in [1.54, 1.807) is 0 Å². The van der Waals surface area contributed by atoms with E-state index in [0.29, 0.717) is 48.2 Å². The number of carbonyl (C=O) groups is 2. The second kappa shape index (κ2) is 6.52. The molecule has 122 valence electrons. The predicted molar refractivity (Wildman–Crippen MR) is 90.5 cm³/mol. The van der Waals surface area contributed by atoms with E-state index >= 15 is 0 Å². The summed E-state index contributed by atoms with van der Waals surface area (Å²) in [5.41, 5.74) is 2.22. The maximum Gasteiger partial charge on any atom is 0.162 e. The van der Waals surface area contributed by atoms with Gasteiger partial charge < -0.3 is 0 Å². The minimum atomic E-state index is 0.193. The van der Waals surface area contributed by atoms with E-state index in [1.807, 2.05) is 19.9 Å². The van der Waals surface area contributed by atoms with Crippen molar-refractivity contribution in [3.63, 3.8) is 0 Å². The van der Waals surface area contributed by atoms with Crippen molar-refractivity contribution in [3.05, 3.63) is 23.3 Å². The van der Waals surface area contributed by atoms with Crippen LogP contribution in [0.3, 0.4) is 0 Å². The second-order valence-electron chi connectivity index (χ2n) is 8.08. The van der Waals surface area contributed by atoms with Crippen molar-refractivity contribution in [2.75, 3.05) is 0 Å². The van der Waals surface area contributed by atoms with Crippen LogP contribution in [0.25, 0.3) is 0 Å². The molecule has 0 heterocycles. The molecule has 22 heavy (non-hydrogen) atoms. The molecule has 2 nitrogen and oxygen atoms in total. The number of ketones is 2. The summed E-state index contributed by atoms with van der Waals surface area (Å²) in [5, 5.41) is 0. The Hall–Kier alpha value is -1.18. The Labute approximate surface area is 135 Å². The minimum absolute atomic E-state index is 0.193. The smallest absolute Gasteiger partial charge is 0.162 e. The van der Waals surface area contributed by atoms with E-state index in [1.165, 1.54) is 6.42 Å². The summed E-state index contributed by atoms with van der Waals surface area (Å²) in [4.78, 5) is 24.3. The Morgan fingerprint density at radius 3 is 2.50 bits per heavy atom. The highest BCUT2D eigenvalue weighted by Crippen LogP contribution is 2.61. The van der Waals surface area contributed by atoms with E-state index in [0.717, 1.165) is 17.6 Å². The van der Waals surface area contributed by atoms with Crippen LogP contribution in [0, 0.1) is 23.2 Å². The largest absolute Gasteiger partial charge is 0.299 e. The molecule has 0 radical (unpaired) electrons. The SMILES string of the molecule is C/C1=C\CC(=O)/C(C)=C/[C@H]2[C@@H](CC[C@H](C)CC(=O)C1)C2(C)C. The molecule has 0 saturated heterocycles. The number of hydrogen-bond donors (Lipinski definition) is 0. The van der Waals surface area contributed by atoms with Gasteiger partial charge in [0, 0.05) is 19.3 Å². The Morgan fingerprint density at radius 2 is 1.82 bits per heavy atom. The van der Waals surface area contributed by atoms with Gasteiger partial charge in [-0.2, -0.15) is 0 Å². The third kappa shape index (κ3) is 3.97. The maximum atomic E-state index is 12.2. The fourth-order valence-electron chi connectivity index (χ4n) is 3.87. The molecule has 2 aliphatic rings. The van der Waals surface area contributed by atoms with Gasteiger partial charge in [0.15, 0.2) is 5.78 Å². The lowest BCUT2D eigenvalue weighted by atomic mass is 9.93. The van der Waals surface area contributed by atoms with E-state index in [-0.39, 0.29) is 5.78 Å². The third-order valence-electron chi connectivity index (χ3n) is 5.67. The van der Waals surface area contributed by atoms with Gasteiger partial charge in [-0.1, -0.05) is 38.5 Å². The normalized spacial score (nSPS) is 38.1. The molecule has 2 aliphatic carbocycles. The molecule has 2 heteroatoms. The molecule has 0 aromatic rings. The predicted octanol–water partition coefficient (Wildman–Crippen LogP) is 4.89. The molecular formula is C20H30O2. The molecule has 0 aliphatic heterocycles. The van der Waals surface area contributed by atoms with Crippen LogP contribution < -0.4 is 0 Å². The molecular weight excluding hydrogens is 272 g/mol. The second-order valence-corrected chi connectivity index (χ2v) is 8.08. The molecule has 0 amide bonds. The van der Waals surface area contributed by atoms with Crippen LogP contribution in [-0.4, -0.2) is 11.6 Å². The lowest BCUT2D eigenvalue weighted by molar-refractivity contribution is -0.119. The minimum Gasteiger partial charge on any atom is -0.299 e. The van der Waals surface area contributed by atoms with Crippen molar-refractivity contribution < 1.29 is 9.59 Å². The van der Waals surface area contributed by atoms with Gasteiger partial charge in [0.25, 0.3) is 0 Å². The van der Waals surface area contributed by atoms with Crippen LogP contribution in [0.2, 0.25) is 0 Å². The van der Waals surface area contributed by atoms with Crippen molar-refractivity contribution in [3.8, 4) is 0 Å². The molecule has 1 saturated carbocycles. The monoisotopic (exact) mass is 302 g/mol. The Bertz CT molecular complexity index is 522. The summed E-state index contributed by atoms with van der Waals surface area (Å²) < 4.78 is 0. The molecule has 0 unspecified atom stereocenters. The number of carbonyl (C=O) groups excluding carboxylic acids is 2. The molecule has 0 spiro atoms. The molecule has 0 aromatic carbocycles. The van der Waals surface area contributed by atoms with Crippen LogP contribution in [-0.2, 0) is 9.59 Å². The topological polar surface area (TPSA) is 34.1 Å². The van der Waals surface area contributed by atoms with Crippen LogP contribution >= 0.6 is 0 Å². The zero-order chi connectivity index (χ0) is 16.5. The van der Waals surface area contributed by atoms with Gasteiger partial charge in [-0.15, -0.1) is 0 Å². The van der Waals surface area contributed by atoms with E-state index in [9.17, 15) is 9.59 Å². The summed E-state index contributed by atoms with van der Waals surface area (Å²) >= 11 is 0. The molecule has 3 atom stereocenters. The quantitative estimate of drug-likeness (QED) is 0.597. The number of allylic oxidation sites excluding steroid dienone is 4. The molecule has 2 rings (SSSR count). The van der Waals surface area contributed by atoms with Crippen LogP contribution in [0.4, 0.5) is 0 Å². The lowest BCUT2D eigenvalue weighted by Crippen LogP contribution is -2.07. The van der Waals surface area contributed by atoms with Crippen molar-refractivity contribution >= 4 is 11.6 Å². The molecule has 0 bridgehead atoms. The fourth-order valence-corrected chi connectivity index (χ4v) is 3.87. The van der Waals surface area contributed by atoms with Gasteiger partial charge in [0.2, 0.25) is 0 Å². The van der Waals surface area contributed by atoms with Gasteiger partial charge in [-0.25, -0.2) is 0 Å². The summed E-state index contributed by atoms with van der Waals surface area (Å²) in [5.74, 6) is 2.15. The number of rotatable bonds is 0. The molecule has 0 aromatic heterocycles. The van der Waals surface area contributed by atoms with Gasteiger partial charge in [-0.05, 0) is 55.4 Å². The number of hydrogen-bond acceptors (Lipinski definition) is 2. The van der Waals surface area contributed by atoms with Crippen molar-refractivity contribution in [2.45, 2.75) is 66.7 Å². The van der Waals surface area contributed by atoms with Crippen molar-refractivity contribution in [2.24, 2.45) is 23.2 Å². The zero-order valence-corrected chi connectivity index (χ0v) is 14.7. The summed E-state index contributed by atoms with van der Waals surface area (Å²) in [6, 6.07) is 0. The summed E-state index contributed by atoms with van der Waals surface area (Å²) in [7, 11) is 0. The number of fused-ring (bicyclic) bond motifs is 1. The standard InChI is InChI=1S/C20H30O2/c1-13-6-8-17-18(20(17,4)5)12-15(3)19(22)9-7-14(2)11-16(21)10-13/h7,12-13,17-18H,6,8-11H2,1-5H3/b14-7+,15-12+/t13-,17+,18-/m0/s1. The van der Waals surface area contributed by atoms with Crippen LogP contribution in [0.1, 0.15) is 66.7 Å². The van der Waals surface area contributed by atoms with Gasteiger partial charge in [-0.3, -0.25) is 9.59 Å². The zero-order valence-electron chi connectivity index (χ0n) is 14.7. The van der Waals surface area contributed by atoms with Crippen molar-refractivity contribution in [1.82, 2.24) is 0 Å². The van der Waals surface area contributed by atoms with E-state index in [2.05, 4.69) is 26.8 Å². The average Bonchev–Trinajstić information content (AvgIpc) is 2.92. The molecule has 0 N–H and O–H groups in total. The lowest BCUT2D eigenvalue weighted by Gasteiger charge is -2.11. The van der Waals surface area contributed by atoms with E-state index in [4.69, 9.17) is 0 Å². The first-order valence-electron chi connectivity index (χ1n) is 8.60. The van der Waals surface area contributed by atoms with Crippen LogP contribution in [0.15, 0.2) is 23.3 Å². The highest BCUT2D eigenvalue weighted by molar-refractivity contribution is 5.96. The Kier molecular flexibility index (Phi) is 5.09. The van der Waals surface area contributed by atoms with Crippen molar-refractivity contribution in [1.29, 1.82) is 0 Å². The number of Topliss-reactive ketones (excluding diaryl/α,β-unsaturated/α-hetero) is 2. The maximum absolute atomic E-state index is 12.2. The fraction of sp³-hybridized carbons (Fsp3) is 0.700. The first-order valence-corrected chi connectivity index (χ1v) is 8.60. The highest BCUT2D eigenvalue weighted by Gasteiger charge is 2.55. The summed E-state index contributed by atoms with van der Waals surface area (Å²) in [6.07, 6.45) is 8.01. The summed E-state index contributed by atoms with van der Waals surface area (Å²) in [6.45, 7) is 10.7. The van der Waals surface area contributed by atoms with Gasteiger partial charge >= 0.3 is 0 Å². The first-order chi connectivity index (χ1) is 10.2. The Balaban J connectivity index is 2.18. The Morgan fingerprint density at radius 1 is 1.14 bits per heavy atom. The van der Waals surface area contributed by atoms with Crippen LogP contribution in [0.5, 0.6) is 0 Å². The molecule has 1 fully saturated rings. The highest BCUT2D eigenvalue weighted by atomic mass is 16.1. The first kappa shape index (κ1) is 17.2. The average molecular weight is 302 g/mol. The van der Waals surface area contributed by atoms with E-state index < -0.39 is 0 Å².